The SMILES string of the molecule is CCN(C(=O)/C=C/c1ccccc1)[C@H]1CC(=O)NC1=O. The van der Waals surface area contributed by atoms with E-state index in [-0.39, 0.29) is 18.2 Å². The molecule has 0 unspecified atom stereocenters. The number of likely N-dealkylation sites (N-methyl/N-ethyl adjacent to an activating group) is 1. The van der Waals surface area contributed by atoms with E-state index in [1.54, 1.807) is 13.0 Å². The Bertz CT molecular complexity index is 551. The lowest BCUT2D eigenvalue weighted by Gasteiger charge is -2.23. The highest BCUT2D eigenvalue weighted by Crippen LogP contribution is 2.12. The molecule has 1 heterocycles. The van der Waals surface area contributed by atoms with Crippen LogP contribution in [-0.4, -0.2) is 35.2 Å². The zero-order chi connectivity index (χ0) is 14.5. The third-order valence-electron chi connectivity index (χ3n) is 3.16. The molecule has 0 spiro atoms. The van der Waals surface area contributed by atoms with Gasteiger partial charge in [0.15, 0.2) is 0 Å². The topological polar surface area (TPSA) is 66.5 Å². The van der Waals surface area contributed by atoms with Crippen LogP contribution in [0.1, 0.15) is 18.9 Å². The molecule has 0 saturated carbocycles. The maximum absolute atomic E-state index is 12.1. The van der Waals surface area contributed by atoms with E-state index in [1.165, 1.54) is 11.0 Å². The Balaban J connectivity index is 2.08. The van der Waals surface area contributed by atoms with Crippen LogP contribution in [0, 0.1) is 0 Å². The number of nitrogens with zero attached hydrogens (tertiary/aromatic N) is 1. The lowest BCUT2D eigenvalue weighted by atomic mass is 10.2. The summed E-state index contributed by atoms with van der Waals surface area (Å²) in [5, 5.41) is 2.21. The van der Waals surface area contributed by atoms with Crippen molar-refractivity contribution in [2.24, 2.45) is 0 Å². The Morgan fingerprint density at radius 2 is 2.05 bits per heavy atom. The van der Waals surface area contributed by atoms with Crippen molar-refractivity contribution in [2.45, 2.75) is 19.4 Å². The Hall–Kier alpha value is -2.43. The van der Waals surface area contributed by atoms with Crippen molar-refractivity contribution < 1.29 is 14.4 Å². The fraction of sp³-hybridized carbons (Fsp3) is 0.267. The van der Waals surface area contributed by atoms with Gasteiger partial charge < -0.3 is 4.90 Å². The molecular weight excluding hydrogens is 256 g/mol. The predicted octanol–water partition coefficient (Wildman–Crippen LogP) is 0.963. The molecule has 0 radical (unpaired) electrons. The second-order valence-electron chi connectivity index (χ2n) is 4.50. The van der Waals surface area contributed by atoms with E-state index < -0.39 is 11.9 Å². The highest BCUT2D eigenvalue weighted by molar-refractivity contribution is 6.07. The van der Waals surface area contributed by atoms with Crippen molar-refractivity contribution in [2.75, 3.05) is 6.54 Å². The highest BCUT2D eigenvalue weighted by atomic mass is 16.2. The van der Waals surface area contributed by atoms with E-state index in [4.69, 9.17) is 0 Å². The van der Waals surface area contributed by atoms with Gasteiger partial charge in [-0.15, -0.1) is 0 Å². The van der Waals surface area contributed by atoms with E-state index in [0.717, 1.165) is 5.56 Å². The molecular formula is C15H16N2O3. The summed E-state index contributed by atoms with van der Waals surface area (Å²) in [6, 6.07) is 8.72. The molecule has 104 valence electrons. The summed E-state index contributed by atoms with van der Waals surface area (Å²) in [6.45, 7) is 2.16. The largest absolute Gasteiger partial charge is 0.327 e. The van der Waals surface area contributed by atoms with Gasteiger partial charge in [0, 0.05) is 12.6 Å². The molecule has 2 rings (SSSR count). The van der Waals surface area contributed by atoms with Gasteiger partial charge >= 0.3 is 0 Å². The van der Waals surface area contributed by atoms with Crippen LogP contribution in [0.4, 0.5) is 0 Å². The molecule has 1 fully saturated rings. The lowest BCUT2D eigenvalue weighted by Crippen LogP contribution is -2.43. The Kier molecular flexibility index (Phi) is 4.30. The molecule has 5 nitrogen and oxygen atoms in total. The minimum Gasteiger partial charge on any atom is -0.327 e. The van der Waals surface area contributed by atoms with E-state index >= 15 is 0 Å². The summed E-state index contributed by atoms with van der Waals surface area (Å²) in [4.78, 5) is 36.3. The molecule has 1 aliphatic heterocycles. The molecule has 1 atom stereocenters. The van der Waals surface area contributed by atoms with Crippen molar-refractivity contribution in [3.05, 3.63) is 42.0 Å². The lowest BCUT2D eigenvalue weighted by molar-refractivity contribution is -0.135. The standard InChI is InChI=1S/C15H16N2O3/c1-2-17(12-10-13(18)16-15(12)20)14(19)9-8-11-6-4-3-5-7-11/h3-9,12H,2,10H2,1H3,(H,16,18,20)/b9-8+/t12-/m0/s1. The first kappa shape index (κ1) is 14.0. The van der Waals surface area contributed by atoms with Gasteiger partial charge in [-0.3, -0.25) is 19.7 Å². The van der Waals surface area contributed by atoms with E-state index in [2.05, 4.69) is 5.32 Å². The molecule has 1 saturated heterocycles. The maximum Gasteiger partial charge on any atom is 0.249 e. The summed E-state index contributed by atoms with van der Waals surface area (Å²) < 4.78 is 0. The van der Waals surface area contributed by atoms with Gasteiger partial charge in [0.1, 0.15) is 6.04 Å². The number of rotatable bonds is 4. The van der Waals surface area contributed by atoms with Crippen molar-refractivity contribution >= 4 is 23.8 Å². The Morgan fingerprint density at radius 3 is 2.60 bits per heavy atom. The predicted molar refractivity (Wildman–Crippen MR) is 74.4 cm³/mol. The fourth-order valence-electron chi connectivity index (χ4n) is 2.15. The number of imide groups is 1. The molecule has 3 amide bonds. The van der Waals surface area contributed by atoms with Gasteiger partial charge in [0.2, 0.25) is 17.7 Å². The summed E-state index contributed by atoms with van der Waals surface area (Å²) in [6.07, 6.45) is 3.16. The van der Waals surface area contributed by atoms with Crippen LogP contribution in [0.5, 0.6) is 0 Å². The zero-order valence-corrected chi connectivity index (χ0v) is 11.2. The minimum absolute atomic E-state index is 0.0393. The summed E-state index contributed by atoms with van der Waals surface area (Å²) in [5.74, 6) is -1.01. The molecule has 1 aliphatic rings. The highest BCUT2D eigenvalue weighted by Gasteiger charge is 2.36. The molecule has 1 aromatic carbocycles. The molecule has 0 aliphatic carbocycles. The minimum atomic E-state index is -0.694. The molecule has 20 heavy (non-hydrogen) atoms. The average Bonchev–Trinajstić information content (AvgIpc) is 2.77. The first-order valence-corrected chi connectivity index (χ1v) is 6.49. The quantitative estimate of drug-likeness (QED) is 0.656. The van der Waals surface area contributed by atoms with Crippen LogP contribution in [0.3, 0.4) is 0 Å². The summed E-state index contributed by atoms with van der Waals surface area (Å²) in [5.41, 5.74) is 0.906. The van der Waals surface area contributed by atoms with Crippen molar-refractivity contribution in [1.29, 1.82) is 0 Å². The number of carbonyl (C=O) groups is 3. The van der Waals surface area contributed by atoms with Crippen LogP contribution in [0.25, 0.3) is 6.08 Å². The first-order valence-electron chi connectivity index (χ1n) is 6.49. The Morgan fingerprint density at radius 1 is 1.35 bits per heavy atom. The van der Waals surface area contributed by atoms with Gasteiger partial charge in [0.25, 0.3) is 0 Å². The van der Waals surface area contributed by atoms with Gasteiger partial charge in [-0.2, -0.15) is 0 Å². The Labute approximate surface area is 117 Å². The number of carbonyl (C=O) groups excluding carboxylic acids is 3. The van der Waals surface area contributed by atoms with E-state index in [1.807, 2.05) is 30.3 Å². The van der Waals surface area contributed by atoms with Gasteiger partial charge in [0.05, 0.1) is 6.42 Å². The van der Waals surface area contributed by atoms with Crippen LogP contribution in [0.15, 0.2) is 36.4 Å². The molecule has 1 N–H and O–H groups in total. The van der Waals surface area contributed by atoms with E-state index in [0.29, 0.717) is 6.54 Å². The fourth-order valence-corrected chi connectivity index (χ4v) is 2.15. The van der Waals surface area contributed by atoms with Crippen molar-refractivity contribution in [3.63, 3.8) is 0 Å². The van der Waals surface area contributed by atoms with Gasteiger partial charge in [-0.25, -0.2) is 0 Å². The molecule has 5 heteroatoms. The number of nitrogens with one attached hydrogen (secondary N) is 1. The van der Waals surface area contributed by atoms with Gasteiger partial charge in [-0.05, 0) is 18.6 Å². The second-order valence-corrected chi connectivity index (χ2v) is 4.50. The average molecular weight is 272 g/mol. The normalized spacial score (nSPS) is 18.4. The van der Waals surface area contributed by atoms with Crippen LogP contribution in [-0.2, 0) is 14.4 Å². The first-order chi connectivity index (χ1) is 9.61. The monoisotopic (exact) mass is 272 g/mol. The van der Waals surface area contributed by atoms with Crippen LogP contribution in [0.2, 0.25) is 0 Å². The summed E-state index contributed by atoms with van der Waals surface area (Å²) in [7, 11) is 0. The van der Waals surface area contributed by atoms with Crippen LogP contribution < -0.4 is 5.32 Å². The van der Waals surface area contributed by atoms with Crippen LogP contribution >= 0.6 is 0 Å². The number of benzene rings is 1. The zero-order valence-electron chi connectivity index (χ0n) is 11.2. The van der Waals surface area contributed by atoms with E-state index in [9.17, 15) is 14.4 Å². The molecule has 0 aromatic heterocycles. The third-order valence-corrected chi connectivity index (χ3v) is 3.16. The number of hydrogen-bond acceptors (Lipinski definition) is 3. The summed E-state index contributed by atoms with van der Waals surface area (Å²) >= 11 is 0. The maximum atomic E-state index is 12.1. The van der Waals surface area contributed by atoms with Gasteiger partial charge in [-0.1, -0.05) is 30.3 Å². The van der Waals surface area contributed by atoms with Crippen molar-refractivity contribution in [3.8, 4) is 0 Å². The second kappa shape index (κ2) is 6.14. The van der Waals surface area contributed by atoms with Crippen molar-refractivity contribution in [1.82, 2.24) is 10.2 Å². The smallest absolute Gasteiger partial charge is 0.249 e. The third kappa shape index (κ3) is 3.12. The number of amides is 3. The molecule has 0 bridgehead atoms. The number of hydrogen-bond donors (Lipinski definition) is 1. The molecule has 1 aromatic rings.